The Hall–Kier alpha value is -1.02. The molecule has 1 aromatic carbocycles. The molecule has 17 heavy (non-hydrogen) atoms. The summed E-state index contributed by atoms with van der Waals surface area (Å²) < 4.78 is 0. The van der Waals surface area contributed by atoms with Crippen molar-refractivity contribution in [2.75, 3.05) is 11.9 Å². The Kier molecular flexibility index (Phi) is 5.01. The summed E-state index contributed by atoms with van der Waals surface area (Å²) in [4.78, 5) is 0. The number of aryl methyl sites for hydroxylation is 1. The van der Waals surface area contributed by atoms with Gasteiger partial charge in [0.25, 0.3) is 0 Å². The van der Waals surface area contributed by atoms with E-state index >= 15 is 0 Å². The molecule has 1 rings (SSSR count). The van der Waals surface area contributed by atoms with Crippen molar-refractivity contribution < 1.29 is 5.11 Å². The van der Waals surface area contributed by atoms with Crippen molar-refractivity contribution in [3.8, 4) is 0 Å². The van der Waals surface area contributed by atoms with Gasteiger partial charge in [-0.2, -0.15) is 0 Å². The number of hydrogen-bond acceptors (Lipinski definition) is 2. The second-order valence-electron chi connectivity index (χ2n) is 5.65. The Balaban J connectivity index is 2.67. The summed E-state index contributed by atoms with van der Waals surface area (Å²) in [6, 6.07) is 8.28. The van der Waals surface area contributed by atoms with E-state index in [0.717, 1.165) is 18.5 Å². The average Bonchev–Trinajstić information content (AvgIpc) is 2.26. The molecular formula is C15H25NO. The molecule has 0 bridgehead atoms. The largest absolute Gasteiger partial charge is 0.394 e. The molecule has 0 aliphatic carbocycles. The number of hydrogen-bond donors (Lipinski definition) is 2. The molecule has 0 spiro atoms. The lowest BCUT2D eigenvalue weighted by Crippen LogP contribution is -2.39. The minimum atomic E-state index is -0.224. The van der Waals surface area contributed by atoms with Gasteiger partial charge in [0.05, 0.1) is 12.1 Å². The van der Waals surface area contributed by atoms with Crippen LogP contribution in [0.2, 0.25) is 0 Å². The quantitative estimate of drug-likeness (QED) is 0.789. The Labute approximate surface area is 105 Å². The molecule has 0 aliphatic rings. The second-order valence-corrected chi connectivity index (χ2v) is 5.65. The molecule has 1 atom stereocenters. The van der Waals surface area contributed by atoms with Gasteiger partial charge in [-0.1, -0.05) is 26.0 Å². The van der Waals surface area contributed by atoms with Crippen molar-refractivity contribution in [3.63, 3.8) is 0 Å². The molecule has 0 aliphatic heterocycles. The van der Waals surface area contributed by atoms with Crippen LogP contribution in [0, 0.1) is 12.8 Å². The lowest BCUT2D eigenvalue weighted by atomic mass is 9.92. The molecule has 0 heterocycles. The molecule has 0 saturated heterocycles. The highest BCUT2D eigenvalue weighted by atomic mass is 16.3. The highest BCUT2D eigenvalue weighted by Gasteiger charge is 2.22. The van der Waals surface area contributed by atoms with E-state index in [4.69, 9.17) is 0 Å². The lowest BCUT2D eigenvalue weighted by Gasteiger charge is -2.31. The normalized spacial score (nSPS) is 14.7. The molecule has 2 N–H and O–H groups in total. The Bertz CT molecular complexity index is 349. The summed E-state index contributed by atoms with van der Waals surface area (Å²) in [5.41, 5.74) is 2.10. The van der Waals surface area contributed by atoms with E-state index in [1.165, 1.54) is 5.56 Å². The zero-order valence-corrected chi connectivity index (χ0v) is 11.5. The summed E-state index contributed by atoms with van der Waals surface area (Å²) in [6.45, 7) is 8.75. The van der Waals surface area contributed by atoms with Gasteiger partial charge in [-0.15, -0.1) is 0 Å². The molecule has 1 unspecified atom stereocenters. The van der Waals surface area contributed by atoms with Gasteiger partial charge in [0.1, 0.15) is 0 Å². The van der Waals surface area contributed by atoms with Crippen molar-refractivity contribution in [2.45, 2.75) is 46.1 Å². The van der Waals surface area contributed by atoms with Crippen molar-refractivity contribution in [2.24, 2.45) is 5.92 Å². The number of rotatable bonds is 6. The monoisotopic (exact) mass is 235 g/mol. The van der Waals surface area contributed by atoms with Crippen LogP contribution in [0.15, 0.2) is 24.3 Å². The minimum Gasteiger partial charge on any atom is -0.394 e. The maximum atomic E-state index is 9.57. The van der Waals surface area contributed by atoms with Crippen LogP contribution in [0.5, 0.6) is 0 Å². The predicted molar refractivity (Wildman–Crippen MR) is 74.4 cm³/mol. The number of aliphatic hydroxyl groups is 1. The molecule has 0 fully saturated rings. The third-order valence-electron chi connectivity index (χ3n) is 3.09. The summed E-state index contributed by atoms with van der Waals surface area (Å²) in [7, 11) is 0. The van der Waals surface area contributed by atoms with E-state index in [1.807, 2.05) is 6.07 Å². The van der Waals surface area contributed by atoms with Crippen LogP contribution in [0.4, 0.5) is 5.69 Å². The predicted octanol–water partition coefficient (Wildman–Crippen LogP) is 3.59. The number of aliphatic hydroxyl groups excluding tert-OH is 1. The topological polar surface area (TPSA) is 32.3 Å². The van der Waals surface area contributed by atoms with E-state index in [0.29, 0.717) is 5.92 Å². The van der Waals surface area contributed by atoms with Crippen LogP contribution < -0.4 is 5.32 Å². The van der Waals surface area contributed by atoms with Gasteiger partial charge in [-0.25, -0.2) is 0 Å². The van der Waals surface area contributed by atoms with Gasteiger partial charge in [-0.05, 0) is 50.3 Å². The van der Waals surface area contributed by atoms with Gasteiger partial charge in [0.2, 0.25) is 0 Å². The maximum absolute atomic E-state index is 9.57. The molecule has 0 aromatic heterocycles. The van der Waals surface area contributed by atoms with Gasteiger partial charge in [0, 0.05) is 5.69 Å². The first-order chi connectivity index (χ1) is 7.95. The van der Waals surface area contributed by atoms with E-state index < -0.39 is 0 Å². The van der Waals surface area contributed by atoms with Gasteiger partial charge in [-0.3, -0.25) is 0 Å². The second kappa shape index (κ2) is 6.06. The average molecular weight is 235 g/mol. The van der Waals surface area contributed by atoms with Crippen molar-refractivity contribution >= 4 is 5.69 Å². The fraction of sp³-hybridized carbons (Fsp3) is 0.600. The molecule has 96 valence electrons. The molecule has 1 aromatic rings. The van der Waals surface area contributed by atoms with Gasteiger partial charge in [0.15, 0.2) is 0 Å². The van der Waals surface area contributed by atoms with Crippen LogP contribution in [0.3, 0.4) is 0 Å². The first kappa shape index (κ1) is 14.0. The fourth-order valence-corrected chi connectivity index (χ4v) is 1.86. The molecule has 0 saturated carbocycles. The first-order valence-corrected chi connectivity index (χ1v) is 6.41. The van der Waals surface area contributed by atoms with Crippen LogP contribution >= 0.6 is 0 Å². The van der Waals surface area contributed by atoms with Crippen molar-refractivity contribution in [1.82, 2.24) is 0 Å². The zero-order valence-electron chi connectivity index (χ0n) is 11.5. The summed E-state index contributed by atoms with van der Waals surface area (Å²) in [5.74, 6) is 0.667. The van der Waals surface area contributed by atoms with Gasteiger partial charge >= 0.3 is 0 Å². The molecule has 2 heteroatoms. The Morgan fingerprint density at radius 3 is 2.59 bits per heavy atom. The minimum absolute atomic E-state index is 0.160. The number of anilines is 1. The smallest absolute Gasteiger partial charge is 0.0658 e. The Morgan fingerprint density at radius 1 is 1.35 bits per heavy atom. The van der Waals surface area contributed by atoms with Crippen LogP contribution in [-0.2, 0) is 0 Å². The standard InChI is InChI=1S/C15H25NO/c1-12(2)8-9-15(4,11-17)16-14-7-5-6-13(3)10-14/h5-7,10,12,16-17H,8-9,11H2,1-4H3. The third-order valence-corrected chi connectivity index (χ3v) is 3.09. The van der Waals surface area contributed by atoms with Crippen LogP contribution in [0.25, 0.3) is 0 Å². The van der Waals surface area contributed by atoms with Gasteiger partial charge < -0.3 is 10.4 Å². The highest BCUT2D eigenvalue weighted by Crippen LogP contribution is 2.22. The first-order valence-electron chi connectivity index (χ1n) is 6.41. The molecular weight excluding hydrogens is 210 g/mol. The fourth-order valence-electron chi connectivity index (χ4n) is 1.86. The summed E-state index contributed by atoms with van der Waals surface area (Å²) in [6.07, 6.45) is 2.10. The molecule has 0 radical (unpaired) electrons. The summed E-state index contributed by atoms with van der Waals surface area (Å²) in [5, 5.41) is 13.0. The number of benzene rings is 1. The zero-order chi connectivity index (χ0) is 12.9. The highest BCUT2D eigenvalue weighted by molar-refractivity contribution is 5.47. The third kappa shape index (κ3) is 4.78. The van der Waals surface area contributed by atoms with E-state index in [-0.39, 0.29) is 12.1 Å². The van der Waals surface area contributed by atoms with Crippen LogP contribution in [0.1, 0.15) is 39.2 Å². The van der Waals surface area contributed by atoms with E-state index in [1.54, 1.807) is 0 Å². The van der Waals surface area contributed by atoms with E-state index in [9.17, 15) is 5.11 Å². The van der Waals surface area contributed by atoms with Crippen LogP contribution in [-0.4, -0.2) is 17.3 Å². The van der Waals surface area contributed by atoms with Crippen molar-refractivity contribution in [3.05, 3.63) is 29.8 Å². The lowest BCUT2D eigenvalue weighted by molar-refractivity contribution is 0.208. The Morgan fingerprint density at radius 2 is 2.06 bits per heavy atom. The van der Waals surface area contributed by atoms with E-state index in [2.05, 4.69) is 51.2 Å². The maximum Gasteiger partial charge on any atom is 0.0658 e. The summed E-state index contributed by atoms with van der Waals surface area (Å²) >= 11 is 0. The molecule has 0 amide bonds. The number of nitrogens with one attached hydrogen (secondary N) is 1. The SMILES string of the molecule is Cc1cccc(NC(C)(CO)CCC(C)C)c1. The van der Waals surface area contributed by atoms with Crippen molar-refractivity contribution in [1.29, 1.82) is 0 Å². The molecule has 2 nitrogen and oxygen atoms in total.